The van der Waals surface area contributed by atoms with Gasteiger partial charge < -0.3 is 0 Å². The molecule has 0 amide bonds. The van der Waals surface area contributed by atoms with Crippen molar-refractivity contribution < 1.29 is 4.92 Å². The Morgan fingerprint density at radius 2 is 2.24 bits per heavy atom. The maximum Gasteiger partial charge on any atom is 0.274 e. The predicted octanol–water partition coefficient (Wildman–Crippen LogP) is 4.35. The average Bonchev–Trinajstić information content (AvgIpc) is 2.67. The summed E-state index contributed by atoms with van der Waals surface area (Å²) in [6.07, 6.45) is 4.12. The van der Waals surface area contributed by atoms with Gasteiger partial charge in [0.1, 0.15) is 0 Å². The molecule has 1 aliphatic carbocycles. The highest BCUT2D eigenvalue weighted by Gasteiger charge is 2.28. The molecule has 0 heterocycles. The van der Waals surface area contributed by atoms with Crippen molar-refractivity contribution >= 4 is 33.2 Å². The van der Waals surface area contributed by atoms with Gasteiger partial charge in [-0.05, 0) is 31.2 Å². The first-order valence-electron chi connectivity index (χ1n) is 5.65. The minimum atomic E-state index is -0.348. The zero-order valence-electron chi connectivity index (χ0n) is 9.23. The van der Waals surface area contributed by atoms with Crippen LogP contribution in [0.3, 0.4) is 0 Å². The molecular formula is C12H13BrClNO2. The number of hydrogen-bond acceptors (Lipinski definition) is 2. The first-order valence-corrected chi connectivity index (χ1v) is 6.95. The van der Waals surface area contributed by atoms with Gasteiger partial charge in [-0.25, -0.2) is 0 Å². The van der Waals surface area contributed by atoms with E-state index in [1.54, 1.807) is 12.1 Å². The van der Waals surface area contributed by atoms with E-state index in [-0.39, 0.29) is 10.6 Å². The monoisotopic (exact) mass is 317 g/mol. The van der Waals surface area contributed by atoms with Crippen molar-refractivity contribution in [1.29, 1.82) is 0 Å². The molecule has 1 saturated carbocycles. The van der Waals surface area contributed by atoms with Crippen LogP contribution in [0.2, 0.25) is 5.02 Å². The smallest absolute Gasteiger partial charge is 0.258 e. The highest BCUT2D eigenvalue weighted by molar-refractivity contribution is 9.09. The zero-order chi connectivity index (χ0) is 12.4. The number of nitrogens with zero attached hydrogens (tertiary/aromatic N) is 1. The van der Waals surface area contributed by atoms with Crippen LogP contribution < -0.4 is 0 Å². The van der Waals surface area contributed by atoms with Crippen molar-refractivity contribution in [3.63, 3.8) is 0 Å². The fourth-order valence-corrected chi connectivity index (χ4v) is 3.43. The molecule has 2 unspecified atom stereocenters. The van der Waals surface area contributed by atoms with Crippen molar-refractivity contribution in [2.45, 2.75) is 30.5 Å². The van der Waals surface area contributed by atoms with Gasteiger partial charge in [0.05, 0.1) is 9.95 Å². The highest BCUT2D eigenvalue weighted by Crippen LogP contribution is 2.37. The molecule has 1 aliphatic rings. The van der Waals surface area contributed by atoms with Gasteiger partial charge in [-0.2, -0.15) is 0 Å². The summed E-state index contributed by atoms with van der Waals surface area (Å²) in [5.74, 6) is 0.452. The maximum atomic E-state index is 11.0. The van der Waals surface area contributed by atoms with Crippen molar-refractivity contribution in [3.8, 4) is 0 Å². The van der Waals surface area contributed by atoms with Crippen LogP contribution >= 0.6 is 27.5 Å². The fraction of sp³-hybridized carbons (Fsp3) is 0.500. The highest BCUT2D eigenvalue weighted by atomic mass is 79.9. The molecule has 1 aromatic rings. The van der Waals surface area contributed by atoms with Crippen LogP contribution in [0, 0.1) is 16.0 Å². The third-order valence-corrected chi connectivity index (χ3v) is 4.88. The predicted molar refractivity (Wildman–Crippen MR) is 71.9 cm³/mol. The van der Waals surface area contributed by atoms with E-state index in [4.69, 9.17) is 11.6 Å². The van der Waals surface area contributed by atoms with Gasteiger partial charge in [0.15, 0.2) is 0 Å². The summed E-state index contributed by atoms with van der Waals surface area (Å²) in [6.45, 7) is 0. The molecule has 1 aromatic carbocycles. The van der Waals surface area contributed by atoms with Crippen molar-refractivity contribution in [3.05, 3.63) is 38.9 Å². The van der Waals surface area contributed by atoms with E-state index in [9.17, 15) is 10.1 Å². The van der Waals surface area contributed by atoms with Crippen LogP contribution in [0.4, 0.5) is 5.69 Å². The normalized spacial score (nSPS) is 23.9. The lowest BCUT2D eigenvalue weighted by atomic mass is 9.97. The van der Waals surface area contributed by atoms with E-state index < -0.39 is 0 Å². The summed E-state index contributed by atoms with van der Waals surface area (Å²) >= 11 is 9.72. The Kier molecular flexibility index (Phi) is 4.05. The van der Waals surface area contributed by atoms with E-state index in [0.717, 1.165) is 12.8 Å². The molecule has 3 nitrogen and oxygen atoms in total. The Morgan fingerprint density at radius 1 is 1.47 bits per heavy atom. The van der Waals surface area contributed by atoms with Crippen molar-refractivity contribution in [2.75, 3.05) is 0 Å². The molecule has 92 valence electrons. The topological polar surface area (TPSA) is 43.1 Å². The minimum Gasteiger partial charge on any atom is -0.258 e. The Hall–Kier alpha value is -0.610. The Labute approximate surface area is 113 Å². The van der Waals surface area contributed by atoms with Crippen LogP contribution in [0.1, 0.15) is 24.8 Å². The molecule has 1 fully saturated rings. The zero-order valence-corrected chi connectivity index (χ0v) is 11.6. The minimum absolute atomic E-state index is 0.143. The van der Waals surface area contributed by atoms with Crippen molar-refractivity contribution in [1.82, 2.24) is 0 Å². The number of nitro groups is 1. The summed E-state index contributed by atoms with van der Waals surface area (Å²) in [4.78, 5) is 11.1. The summed E-state index contributed by atoms with van der Waals surface area (Å²) in [5, 5.41) is 11.5. The van der Waals surface area contributed by atoms with Gasteiger partial charge in [0.2, 0.25) is 0 Å². The van der Waals surface area contributed by atoms with E-state index in [1.807, 2.05) is 0 Å². The van der Waals surface area contributed by atoms with E-state index >= 15 is 0 Å². The number of rotatable bonds is 3. The number of benzene rings is 1. The summed E-state index contributed by atoms with van der Waals surface area (Å²) in [6, 6.07) is 4.88. The second kappa shape index (κ2) is 5.36. The van der Waals surface area contributed by atoms with Gasteiger partial charge >= 0.3 is 0 Å². The largest absolute Gasteiger partial charge is 0.274 e. The first kappa shape index (κ1) is 12.8. The van der Waals surface area contributed by atoms with Gasteiger partial charge in [-0.15, -0.1) is 0 Å². The molecule has 0 saturated heterocycles. The number of halogens is 2. The van der Waals surface area contributed by atoms with Gasteiger partial charge in [-0.1, -0.05) is 40.0 Å². The number of alkyl halides is 1. The number of hydrogen-bond donors (Lipinski definition) is 0. The molecule has 2 rings (SSSR count). The summed E-state index contributed by atoms with van der Waals surface area (Å²) < 4.78 is 0. The van der Waals surface area contributed by atoms with Gasteiger partial charge in [-0.3, -0.25) is 10.1 Å². The molecular weight excluding hydrogens is 305 g/mol. The quantitative estimate of drug-likeness (QED) is 0.472. The summed E-state index contributed by atoms with van der Waals surface area (Å²) in [5.41, 5.74) is 0.819. The van der Waals surface area contributed by atoms with E-state index in [2.05, 4.69) is 15.9 Å². The van der Waals surface area contributed by atoms with Crippen LogP contribution in [0.25, 0.3) is 0 Å². The molecule has 5 heteroatoms. The SMILES string of the molecule is O=[N+]([O-])c1cccc(Cl)c1CC1CCCC1Br. The molecule has 0 N–H and O–H groups in total. The number of nitro benzene ring substituents is 1. The first-order chi connectivity index (χ1) is 8.09. The average molecular weight is 319 g/mol. The molecule has 0 spiro atoms. The standard InChI is InChI=1S/C12H13BrClNO2/c13-10-4-1-3-8(10)7-9-11(14)5-2-6-12(9)15(16)17/h2,5-6,8,10H,1,3-4,7H2. The third kappa shape index (κ3) is 2.80. The van der Waals surface area contributed by atoms with Crippen LogP contribution in [-0.2, 0) is 6.42 Å². The van der Waals surface area contributed by atoms with E-state index in [1.165, 1.54) is 12.5 Å². The van der Waals surface area contributed by atoms with Crippen molar-refractivity contribution in [2.24, 2.45) is 5.92 Å². The summed E-state index contributed by atoms with van der Waals surface area (Å²) in [7, 11) is 0. The molecule has 0 aromatic heterocycles. The maximum absolute atomic E-state index is 11.0. The van der Waals surface area contributed by atoms with Gasteiger partial charge in [0.25, 0.3) is 5.69 Å². The lowest BCUT2D eigenvalue weighted by Crippen LogP contribution is -2.11. The molecule has 0 aliphatic heterocycles. The molecule has 0 bridgehead atoms. The third-order valence-electron chi connectivity index (χ3n) is 3.32. The van der Waals surface area contributed by atoms with Gasteiger partial charge in [0, 0.05) is 16.5 Å². The van der Waals surface area contributed by atoms with E-state index in [0.29, 0.717) is 27.8 Å². The van der Waals surface area contributed by atoms with Crippen LogP contribution in [0.5, 0.6) is 0 Å². The Balaban J connectivity index is 2.27. The lowest BCUT2D eigenvalue weighted by Gasteiger charge is -2.14. The Morgan fingerprint density at radius 3 is 2.82 bits per heavy atom. The molecule has 17 heavy (non-hydrogen) atoms. The molecule has 2 atom stereocenters. The Bertz CT molecular complexity index is 439. The lowest BCUT2D eigenvalue weighted by molar-refractivity contribution is -0.385. The molecule has 0 radical (unpaired) electrons. The second-order valence-electron chi connectivity index (χ2n) is 4.41. The van der Waals surface area contributed by atoms with Crippen LogP contribution in [0.15, 0.2) is 18.2 Å². The van der Waals surface area contributed by atoms with Crippen LogP contribution in [-0.4, -0.2) is 9.75 Å². The second-order valence-corrected chi connectivity index (χ2v) is 5.99. The fourth-order valence-electron chi connectivity index (χ4n) is 2.40.